The van der Waals surface area contributed by atoms with Crippen LogP contribution in [0.25, 0.3) is 0 Å². The highest BCUT2D eigenvalue weighted by atomic mass is 16.5. The maximum atomic E-state index is 12.1. The monoisotopic (exact) mass is 374 g/mol. The first-order valence-corrected chi connectivity index (χ1v) is 8.47. The van der Waals surface area contributed by atoms with Crippen molar-refractivity contribution < 1.29 is 14.3 Å². The van der Waals surface area contributed by atoms with E-state index in [4.69, 9.17) is 14.7 Å². The molecule has 7 nitrogen and oxygen atoms in total. The number of nitriles is 1. The van der Waals surface area contributed by atoms with E-state index in [2.05, 4.69) is 21.7 Å². The van der Waals surface area contributed by atoms with E-state index in [9.17, 15) is 4.79 Å². The summed E-state index contributed by atoms with van der Waals surface area (Å²) in [4.78, 5) is 16.3. The largest absolute Gasteiger partial charge is 0.493 e. The second-order valence-corrected chi connectivity index (χ2v) is 5.74. The molecule has 0 atom stereocenters. The van der Waals surface area contributed by atoms with Gasteiger partial charge < -0.3 is 20.1 Å². The first-order valence-electron chi connectivity index (χ1n) is 8.47. The molecule has 1 aromatic heterocycles. The zero-order valence-electron chi connectivity index (χ0n) is 15.2. The molecular formula is C21H18N4O3. The molecule has 0 aliphatic rings. The molecule has 0 saturated heterocycles. The minimum atomic E-state index is -0.333. The first-order chi connectivity index (χ1) is 13.7. The SMILES string of the molecule is COc1ccccc1OCC(=O)Nc1ccc(Nc2cccc(C#N)c2)cn1. The molecule has 28 heavy (non-hydrogen) atoms. The van der Waals surface area contributed by atoms with Crippen molar-refractivity contribution in [2.75, 3.05) is 24.4 Å². The second kappa shape index (κ2) is 9.05. The van der Waals surface area contributed by atoms with Crippen LogP contribution >= 0.6 is 0 Å². The van der Waals surface area contributed by atoms with E-state index < -0.39 is 0 Å². The number of hydrogen-bond acceptors (Lipinski definition) is 6. The van der Waals surface area contributed by atoms with Crippen molar-refractivity contribution in [2.24, 2.45) is 0 Å². The van der Waals surface area contributed by atoms with E-state index in [1.54, 1.807) is 61.8 Å². The molecule has 0 aliphatic heterocycles. The summed E-state index contributed by atoms with van der Waals surface area (Å²) >= 11 is 0. The predicted molar refractivity (Wildman–Crippen MR) is 106 cm³/mol. The zero-order valence-corrected chi connectivity index (χ0v) is 15.2. The molecule has 0 radical (unpaired) electrons. The molecule has 1 heterocycles. The van der Waals surface area contributed by atoms with Crippen LogP contribution in [0.2, 0.25) is 0 Å². The van der Waals surface area contributed by atoms with E-state index in [-0.39, 0.29) is 12.5 Å². The van der Waals surface area contributed by atoms with Crippen LogP contribution in [0.1, 0.15) is 5.56 Å². The Hall–Kier alpha value is -4.05. The number of ether oxygens (including phenoxy) is 2. The Balaban J connectivity index is 1.55. The van der Waals surface area contributed by atoms with E-state index in [0.717, 1.165) is 11.4 Å². The molecule has 0 unspecified atom stereocenters. The molecule has 0 saturated carbocycles. The van der Waals surface area contributed by atoms with Crippen molar-refractivity contribution in [3.63, 3.8) is 0 Å². The molecular weight excluding hydrogens is 356 g/mol. The van der Waals surface area contributed by atoms with Crippen LogP contribution in [0.3, 0.4) is 0 Å². The molecule has 7 heteroatoms. The fourth-order valence-corrected chi connectivity index (χ4v) is 2.44. The number of anilines is 3. The highest BCUT2D eigenvalue weighted by Gasteiger charge is 2.08. The number of methoxy groups -OCH3 is 1. The van der Waals surface area contributed by atoms with Gasteiger partial charge in [0.1, 0.15) is 5.82 Å². The number of amides is 1. The summed E-state index contributed by atoms with van der Waals surface area (Å²) in [6.45, 7) is -0.164. The van der Waals surface area contributed by atoms with Gasteiger partial charge in [0.2, 0.25) is 0 Å². The standard InChI is InChI=1S/C21H18N4O3/c1-27-18-7-2-3-8-19(18)28-14-21(26)25-20-10-9-17(13-23-20)24-16-6-4-5-15(11-16)12-22/h2-11,13,24H,14H2,1H3,(H,23,25,26). The normalized spacial score (nSPS) is 9.86. The number of hydrogen-bond donors (Lipinski definition) is 2. The Bertz CT molecular complexity index is 997. The molecule has 0 spiro atoms. The number of nitrogens with one attached hydrogen (secondary N) is 2. The van der Waals surface area contributed by atoms with Gasteiger partial charge in [0.25, 0.3) is 5.91 Å². The number of aromatic nitrogens is 1. The number of benzene rings is 2. The van der Waals surface area contributed by atoms with Gasteiger partial charge in [0.05, 0.1) is 30.6 Å². The number of carbonyl (C=O) groups is 1. The Morgan fingerprint density at radius 1 is 1.07 bits per heavy atom. The fourth-order valence-electron chi connectivity index (χ4n) is 2.44. The first kappa shape index (κ1) is 18.7. The number of para-hydroxylation sites is 2. The van der Waals surface area contributed by atoms with Crippen LogP contribution in [0, 0.1) is 11.3 Å². The van der Waals surface area contributed by atoms with E-state index in [0.29, 0.717) is 22.9 Å². The molecule has 140 valence electrons. The Kier molecular flexibility index (Phi) is 6.06. The molecule has 0 aliphatic carbocycles. The molecule has 1 amide bonds. The third kappa shape index (κ3) is 4.99. The zero-order chi connectivity index (χ0) is 19.8. The Labute approximate surface area is 162 Å². The van der Waals surface area contributed by atoms with E-state index in [1.165, 1.54) is 0 Å². The third-order valence-electron chi connectivity index (χ3n) is 3.74. The molecule has 3 aromatic rings. The highest BCUT2D eigenvalue weighted by Crippen LogP contribution is 2.25. The van der Waals surface area contributed by atoms with Crippen LogP contribution in [0.4, 0.5) is 17.2 Å². The number of pyridine rings is 1. The highest BCUT2D eigenvalue weighted by molar-refractivity contribution is 5.91. The average molecular weight is 374 g/mol. The fraction of sp³-hybridized carbons (Fsp3) is 0.0952. The van der Waals surface area contributed by atoms with Gasteiger partial charge in [-0.15, -0.1) is 0 Å². The second-order valence-electron chi connectivity index (χ2n) is 5.74. The Morgan fingerprint density at radius 2 is 1.89 bits per heavy atom. The molecule has 3 rings (SSSR count). The summed E-state index contributed by atoms with van der Waals surface area (Å²) in [7, 11) is 1.54. The molecule has 2 aromatic carbocycles. The van der Waals surface area contributed by atoms with Gasteiger partial charge in [-0.2, -0.15) is 5.26 Å². The van der Waals surface area contributed by atoms with Gasteiger partial charge in [-0.25, -0.2) is 4.98 Å². The van der Waals surface area contributed by atoms with Gasteiger partial charge in [-0.1, -0.05) is 18.2 Å². The van der Waals surface area contributed by atoms with E-state index in [1.807, 2.05) is 12.1 Å². The van der Waals surface area contributed by atoms with Gasteiger partial charge in [0, 0.05) is 5.69 Å². The maximum absolute atomic E-state index is 12.1. The van der Waals surface area contributed by atoms with Gasteiger partial charge >= 0.3 is 0 Å². The summed E-state index contributed by atoms with van der Waals surface area (Å²) in [6, 6.07) is 19.8. The molecule has 0 fully saturated rings. The number of nitrogens with zero attached hydrogens (tertiary/aromatic N) is 2. The number of carbonyl (C=O) groups excluding carboxylic acids is 1. The maximum Gasteiger partial charge on any atom is 0.263 e. The van der Waals surface area contributed by atoms with Crippen LogP contribution in [-0.2, 0) is 4.79 Å². The van der Waals surface area contributed by atoms with Crippen molar-refractivity contribution in [3.05, 3.63) is 72.4 Å². The van der Waals surface area contributed by atoms with Gasteiger partial charge in [-0.05, 0) is 42.5 Å². The van der Waals surface area contributed by atoms with Gasteiger partial charge in [0.15, 0.2) is 18.1 Å². The summed E-state index contributed by atoms with van der Waals surface area (Å²) in [5.74, 6) is 1.13. The van der Waals surface area contributed by atoms with Crippen molar-refractivity contribution >= 4 is 23.1 Å². The smallest absolute Gasteiger partial charge is 0.263 e. The van der Waals surface area contributed by atoms with Crippen molar-refractivity contribution in [3.8, 4) is 17.6 Å². The number of rotatable bonds is 7. The van der Waals surface area contributed by atoms with E-state index >= 15 is 0 Å². The van der Waals surface area contributed by atoms with Crippen LogP contribution in [0.15, 0.2) is 66.9 Å². The van der Waals surface area contributed by atoms with Crippen molar-refractivity contribution in [1.82, 2.24) is 4.98 Å². The lowest BCUT2D eigenvalue weighted by Gasteiger charge is -2.11. The topological polar surface area (TPSA) is 96.3 Å². The third-order valence-corrected chi connectivity index (χ3v) is 3.74. The van der Waals surface area contributed by atoms with Crippen molar-refractivity contribution in [2.45, 2.75) is 0 Å². The summed E-state index contributed by atoms with van der Waals surface area (Å²) in [6.07, 6.45) is 1.59. The molecule has 0 bridgehead atoms. The quantitative estimate of drug-likeness (QED) is 0.654. The lowest BCUT2D eigenvalue weighted by atomic mass is 10.2. The molecule has 2 N–H and O–H groups in total. The lowest BCUT2D eigenvalue weighted by Crippen LogP contribution is -2.20. The minimum Gasteiger partial charge on any atom is -0.493 e. The van der Waals surface area contributed by atoms with Gasteiger partial charge in [-0.3, -0.25) is 4.79 Å². The minimum absolute atomic E-state index is 0.164. The Morgan fingerprint density at radius 3 is 2.61 bits per heavy atom. The summed E-state index contributed by atoms with van der Waals surface area (Å²) < 4.78 is 10.7. The van der Waals surface area contributed by atoms with Crippen LogP contribution in [0.5, 0.6) is 11.5 Å². The van der Waals surface area contributed by atoms with Crippen LogP contribution in [-0.4, -0.2) is 24.6 Å². The average Bonchev–Trinajstić information content (AvgIpc) is 2.74. The van der Waals surface area contributed by atoms with Crippen molar-refractivity contribution in [1.29, 1.82) is 5.26 Å². The predicted octanol–water partition coefficient (Wildman–Crippen LogP) is 3.72. The lowest BCUT2D eigenvalue weighted by molar-refractivity contribution is -0.118. The van der Waals surface area contributed by atoms with Crippen LogP contribution < -0.4 is 20.1 Å². The summed E-state index contributed by atoms with van der Waals surface area (Å²) in [5, 5.41) is 14.8. The summed E-state index contributed by atoms with van der Waals surface area (Å²) in [5.41, 5.74) is 2.08.